The van der Waals surface area contributed by atoms with Crippen LogP contribution in [-0.4, -0.2) is 35.5 Å². The first kappa shape index (κ1) is 18.7. The van der Waals surface area contributed by atoms with Crippen molar-refractivity contribution in [3.8, 4) is 11.5 Å². The molecule has 0 aliphatic rings. The van der Waals surface area contributed by atoms with Crippen LogP contribution in [0.2, 0.25) is 0 Å². The summed E-state index contributed by atoms with van der Waals surface area (Å²) in [4.78, 5) is 34.0. The quantitative estimate of drug-likeness (QED) is 0.408. The van der Waals surface area contributed by atoms with Crippen LogP contribution in [0.15, 0.2) is 42.5 Å². The van der Waals surface area contributed by atoms with Crippen LogP contribution in [0.3, 0.4) is 0 Å². The number of nitrogens with zero attached hydrogens (tertiary/aromatic N) is 1. The Hall–Kier alpha value is -3.62. The number of carbonyl (C=O) groups is 2. The van der Waals surface area contributed by atoms with Crippen molar-refractivity contribution in [2.45, 2.75) is 6.42 Å². The summed E-state index contributed by atoms with van der Waals surface area (Å²) in [5.41, 5.74) is 0.843. The number of rotatable bonds is 6. The van der Waals surface area contributed by atoms with Crippen molar-refractivity contribution in [1.82, 2.24) is 5.32 Å². The summed E-state index contributed by atoms with van der Waals surface area (Å²) in [6.45, 7) is 0.231. The van der Waals surface area contributed by atoms with Crippen molar-refractivity contribution < 1.29 is 24.4 Å². The van der Waals surface area contributed by atoms with Crippen molar-refractivity contribution in [3.05, 3.63) is 58.1 Å². The molecule has 0 unspecified atom stereocenters. The maximum Gasteiger partial charge on any atom is 0.313 e. The van der Waals surface area contributed by atoms with Crippen LogP contribution in [0, 0.1) is 10.1 Å². The number of ether oxygens (including phenoxy) is 1. The third-order valence-electron chi connectivity index (χ3n) is 3.49. The van der Waals surface area contributed by atoms with Gasteiger partial charge >= 0.3 is 11.8 Å². The van der Waals surface area contributed by atoms with E-state index in [-0.39, 0.29) is 29.4 Å². The highest BCUT2D eigenvalue weighted by Gasteiger charge is 2.17. The van der Waals surface area contributed by atoms with Gasteiger partial charge in [0.2, 0.25) is 0 Å². The summed E-state index contributed by atoms with van der Waals surface area (Å²) in [6.07, 6.45) is 0.486. The molecule has 0 aliphatic heterocycles. The smallest absolute Gasteiger partial charge is 0.313 e. The Bertz CT molecular complexity index is 820. The first-order valence-corrected chi connectivity index (χ1v) is 7.60. The Labute approximate surface area is 148 Å². The van der Waals surface area contributed by atoms with Gasteiger partial charge in [0.05, 0.1) is 23.8 Å². The Morgan fingerprint density at radius 3 is 2.46 bits per heavy atom. The predicted molar refractivity (Wildman–Crippen MR) is 93.1 cm³/mol. The van der Waals surface area contributed by atoms with Crippen molar-refractivity contribution in [3.63, 3.8) is 0 Å². The Morgan fingerprint density at radius 2 is 1.85 bits per heavy atom. The maximum absolute atomic E-state index is 11.9. The number of phenolic OH excluding ortho intramolecular Hbond substituents is 1. The number of hydrogen-bond acceptors (Lipinski definition) is 6. The molecule has 136 valence electrons. The van der Waals surface area contributed by atoms with Gasteiger partial charge in [0.15, 0.2) is 0 Å². The summed E-state index contributed by atoms with van der Waals surface area (Å²) in [5, 5.41) is 24.8. The fourth-order valence-corrected chi connectivity index (χ4v) is 2.14. The molecule has 0 saturated heterocycles. The number of nitrogens with one attached hydrogen (secondary N) is 2. The summed E-state index contributed by atoms with van der Waals surface area (Å²) >= 11 is 0. The van der Waals surface area contributed by atoms with Gasteiger partial charge < -0.3 is 20.5 Å². The molecule has 2 aromatic carbocycles. The van der Waals surface area contributed by atoms with Gasteiger partial charge in [-0.05, 0) is 30.2 Å². The van der Waals surface area contributed by atoms with E-state index < -0.39 is 16.7 Å². The van der Waals surface area contributed by atoms with E-state index in [4.69, 9.17) is 4.74 Å². The summed E-state index contributed by atoms with van der Waals surface area (Å²) < 4.78 is 4.99. The summed E-state index contributed by atoms with van der Waals surface area (Å²) in [6, 6.07) is 10.1. The van der Waals surface area contributed by atoms with Crippen LogP contribution in [0.25, 0.3) is 0 Å². The molecule has 9 nitrogen and oxygen atoms in total. The molecule has 0 atom stereocenters. The molecule has 0 spiro atoms. The Morgan fingerprint density at radius 1 is 1.15 bits per heavy atom. The van der Waals surface area contributed by atoms with Crippen LogP contribution in [0.1, 0.15) is 5.56 Å². The number of nitro groups is 1. The molecule has 2 rings (SSSR count). The molecule has 9 heteroatoms. The van der Waals surface area contributed by atoms with Crippen molar-refractivity contribution in [1.29, 1.82) is 0 Å². The maximum atomic E-state index is 11.9. The number of nitro benzene ring substituents is 1. The number of aromatic hydroxyl groups is 1. The molecule has 0 fully saturated rings. The van der Waals surface area contributed by atoms with Gasteiger partial charge in [-0.1, -0.05) is 12.1 Å². The number of benzene rings is 2. The average Bonchev–Trinajstić information content (AvgIpc) is 2.63. The second-order valence-electron chi connectivity index (χ2n) is 5.27. The molecule has 0 heterocycles. The molecule has 0 bridgehead atoms. The number of methoxy groups -OCH3 is 1. The van der Waals surface area contributed by atoms with E-state index in [1.807, 2.05) is 0 Å². The van der Waals surface area contributed by atoms with Gasteiger partial charge in [-0.3, -0.25) is 19.7 Å². The highest BCUT2D eigenvalue weighted by molar-refractivity contribution is 6.39. The predicted octanol–water partition coefficient (Wildman–Crippen LogP) is 1.61. The molecule has 0 aromatic heterocycles. The Kier molecular flexibility index (Phi) is 6.10. The summed E-state index contributed by atoms with van der Waals surface area (Å²) in [5.74, 6) is -1.54. The van der Waals surface area contributed by atoms with E-state index in [1.54, 1.807) is 12.1 Å². The molecule has 0 aliphatic carbocycles. The van der Waals surface area contributed by atoms with Gasteiger partial charge in [-0.2, -0.15) is 0 Å². The Balaban J connectivity index is 1.91. The van der Waals surface area contributed by atoms with Crippen LogP contribution in [0.4, 0.5) is 11.4 Å². The monoisotopic (exact) mass is 359 g/mol. The molecule has 2 amide bonds. The minimum absolute atomic E-state index is 0.0736. The first-order valence-electron chi connectivity index (χ1n) is 7.60. The number of anilines is 1. The molecule has 0 saturated carbocycles. The molecule has 0 radical (unpaired) electrons. The van der Waals surface area contributed by atoms with Gasteiger partial charge in [0.25, 0.3) is 5.69 Å². The van der Waals surface area contributed by atoms with Crippen molar-refractivity contribution in [2.24, 2.45) is 0 Å². The molecule has 26 heavy (non-hydrogen) atoms. The fraction of sp³-hybridized carbons (Fsp3) is 0.176. The lowest BCUT2D eigenvalue weighted by Gasteiger charge is -2.10. The number of hydrogen-bond donors (Lipinski definition) is 3. The van der Waals surface area contributed by atoms with E-state index in [9.17, 15) is 24.8 Å². The van der Waals surface area contributed by atoms with Crippen LogP contribution >= 0.6 is 0 Å². The van der Waals surface area contributed by atoms with Crippen molar-refractivity contribution in [2.75, 3.05) is 19.0 Å². The molecular formula is C17H17N3O6. The zero-order valence-corrected chi connectivity index (χ0v) is 13.9. The van der Waals surface area contributed by atoms with Gasteiger partial charge in [0, 0.05) is 12.6 Å². The molecule has 2 aromatic rings. The van der Waals surface area contributed by atoms with E-state index in [0.717, 1.165) is 11.6 Å². The van der Waals surface area contributed by atoms with Gasteiger partial charge in [0.1, 0.15) is 11.5 Å². The highest BCUT2D eigenvalue weighted by Crippen LogP contribution is 2.28. The first-order chi connectivity index (χ1) is 12.4. The van der Waals surface area contributed by atoms with E-state index >= 15 is 0 Å². The topological polar surface area (TPSA) is 131 Å². The van der Waals surface area contributed by atoms with Gasteiger partial charge in [-0.25, -0.2) is 0 Å². The van der Waals surface area contributed by atoms with Crippen molar-refractivity contribution >= 4 is 23.2 Å². The largest absolute Gasteiger partial charge is 0.508 e. The van der Waals surface area contributed by atoms with Crippen LogP contribution < -0.4 is 15.4 Å². The second-order valence-corrected chi connectivity index (χ2v) is 5.27. The van der Waals surface area contributed by atoms with E-state index in [0.29, 0.717) is 6.42 Å². The van der Waals surface area contributed by atoms with Gasteiger partial charge in [-0.15, -0.1) is 0 Å². The third-order valence-corrected chi connectivity index (χ3v) is 3.49. The van der Waals surface area contributed by atoms with E-state index in [2.05, 4.69) is 10.6 Å². The minimum Gasteiger partial charge on any atom is -0.508 e. The lowest BCUT2D eigenvalue weighted by atomic mass is 10.1. The average molecular weight is 359 g/mol. The molecule has 3 N–H and O–H groups in total. The number of amides is 2. The minimum atomic E-state index is -0.914. The third kappa shape index (κ3) is 4.94. The molecular weight excluding hydrogens is 342 g/mol. The zero-order chi connectivity index (χ0) is 19.1. The van der Waals surface area contributed by atoms with E-state index in [1.165, 1.54) is 31.4 Å². The van der Waals surface area contributed by atoms with Crippen LogP contribution in [-0.2, 0) is 16.0 Å². The lowest BCUT2D eigenvalue weighted by Crippen LogP contribution is -2.36. The number of non-ortho nitro benzene ring substituents is 1. The van der Waals surface area contributed by atoms with Crippen LogP contribution in [0.5, 0.6) is 11.5 Å². The highest BCUT2D eigenvalue weighted by atomic mass is 16.6. The fourth-order valence-electron chi connectivity index (χ4n) is 2.14. The summed E-state index contributed by atoms with van der Waals surface area (Å²) in [7, 11) is 1.30. The normalized spacial score (nSPS) is 10.0. The number of carbonyl (C=O) groups excluding carboxylic acids is 2. The number of phenols is 1. The SMILES string of the molecule is COc1cc([N+](=O)[O-])ccc1NC(=O)C(=O)NCCc1ccc(O)cc1. The standard InChI is InChI=1S/C17H17N3O6/c1-26-15-10-12(20(24)25)4-7-14(15)19-17(23)16(22)18-9-8-11-2-5-13(21)6-3-11/h2-7,10,21H,8-9H2,1H3,(H,18,22)(H,19,23). The lowest BCUT2D eigenvalue weighted by molar-refractivity contribution is -0.384. The second kappa shape index (κ2) is 8.47. The zero-order valence-electron chi connectivity index (χ0n) is 13.9.